The van der Waals surface area contributed by atoms with E-state index in [1.165, 1.54) is 146 Å². The van der Waals surface area contributed by atoms with Crippen LogP contribution in [0.5, 0.6) is 0 Å². The monoisotopic (exact) mass is 907 g/mol. The second-order valence-corrected chi connectivity index (χ2v) is 23.1. The van der Waals surface area contributed by atoms with E-state index in [0.717, 1.165) is 0 Å². The van der Waals surface area contributed by atoms with Crippen molar-refractivity contribution in [1.82, 2.24) is 4.57 Å². The predicted molar refractivity (Wildman–Crippen MR) is 304 cm³/mol. The molecule has 0 fully saturated rings. The van der Waals surface area contributed by atoms with Crippen LogP contribution in [-0.4, -0.2) is 17.1 Å². The maximum Gasteiger partial charge on any atom is 0.0541 e. The van der Waals surface area contributed by atoms with E-state index in [2.05, 4.69) is 254 Å². The van der Waals surface area contributed by atoms with E-state index in [1.807, 2.05) is 0 Å². The zero-order chi connectivity index (χ0) is 46.2. The smallest absolute Gasteiger partial charge is 0.0541 e. The molecule has 0 N–H and O–H groups in total. The summed E-state index contributed by atoms with van der Waals surface area (Å²) in [5, 5.41) is 17.9. The highest BCUT2D eigenvalue weighted by atomic mass is 32.3. The standard InChI is InChI=1S/C68H45NS/c1-70(2)67-40-47(62-37-44-17-5-8-20-51(44)54-23-11-14-26-57(54)62)27-31-58(67)59-32-30-48(41-68(59)70)69-65-33-28-45(60-35-42-15-3-6-18-49(42)52-21-9-12-24-55(52)60)38-63(65)64-39-46(29-34-66(64)69)61-36-43-16-4-7-19-50(43)53-22-10-13-25-56(53)61/h3-41H,1-2H3. The molecule has 0 unspecified atom stereocenters. The van der Waals surface area contributed by atoms with Gasteiger partial charge in [0.25, 0.3) is 0 Å². The number of benzene rings is 13. The first-order valence-electron chi connectivity index (χ1n) is 24.3. The lowest BCUT2D eigenvalue weighted by Gasteiger charge is -2.29. The van der Waals surface area contributed by atoms with Gasteiger partial charge in [-0.2, -0.15) is 10.0 Å². The van der Waals surface area contributed by atoms with E-state index in [-0.39, 0.29) is 0 Å². The van der Waals surface area contributed by atoms with Crippen molar-refractivity contribution in [3.8, 4) is 50.2 Å². The molecule has 14 aromatic rings. The average Bonchev–Trinajstić information content (AvgIpc) is 3.86. The zero-order valence-corrected chi connectivity index (χ0v) is 39.7. The molecule has 1 aliphatic heterocycles. The fourth-order valence-corrected chi connectivity index (χ4v) is 14.8. The Bertz CT molecular complexity index is 4390. The van der Waals surface area contributed by atoms with E-state index < -0.39 is 10.0 Å². The first-order chi connectivity index (χ1) is 34.5. The highest BCUT2D eigenvalue weighted by Crippen LogP contribution is 2.68. The van der Waals surface area contributed by atoms with Gasteiger partial charge in [-0.25, -0.2) is 0 Å². The third kappa shape index (κ3) is 5.69. The van der Waals surface area contributed by atoms with Crippen molar-refractivity contribution < 1.29 is 0 Å². The molecule has 15 rings (SSSR count). The van der Waals surface area contributed by atoms with Gasteiger partial charge in [0.15, 0.2) is 0 Å². The quantitative estimate of drug-likeness (QED) is 0.155. The van der Waals surface area contributed by atoms with Crippen LogP contribution >= 0.6 is 10.0 Å². The second-order valence-electron chi connectivity index (χ2n) is 19.6. The Morgan fingerprint density at radius 3 is 1.04 bits per heavy atom. The summed E-state index contributed by atoms with van der Waals surface area (Å²) in [6.45, 7) is 0. The van der Waals surface area contributed by atoms with Gasteiger partial charge in [0.1, 0.15) is 0 Å². The summed E-state index contributed by atoms with van der Waals surface area (Å²) in [4.78, 5) is 2.89. The van der Waals surface area contributed by atoms with Gasteiger partial charge in [0.05, 0.1) is 11.0 Å². The predicted octanol–water partition coefficient (Wildman–Crippen LogP) is 19.2. The number of fused-ring (bicyclic) bond motifs is 15. The first-order valence-corrected chi connectivity index (χ1v) is 26.7. The Labute approximate surface area is 407 Å². The molecule has 0 radical (unpaired) electrons. The lowest BCUT2D eigenvalue weighted by molar-refractivity contribution is 1.16. The van der Waals surface area contributed by atoms with Crippen LogP contribution in [0.3, 0.4) is 0 Å². The van der Waals surface area contributed by atoms with Crippen LogP contribution in [0.25, 0.3) is 137 Å². The summed E-state index contributed by atoms with van der Waals surface area (Å²) in [5.74, 6) is 0. The van der Waals surface area contributed by atoms with Gasteiger partial charge in [-0.1, -0.05) is 176 Å². The minimum atomic E-state index is -1.39. The van der Waals surface area contributed by atoms with Gasteiger partial charge in [0.2, 0.25) is 0 Å². The van der Waals surface area contributed by atoms with Crippen LogP contribution in [0.15, 0.2) is 246 Å². The molecule has 70 heavy (non-hydrogen) atoms. The zero-order valence-electron chi connectivity index (χ0n) is 38.9. The molecule has 0 atom stereocenters. The van der Waals surface area contributed by atoms with Gasteiger partial charge in [-0.3, -0.25) is 0 Å². The molecule has 0 spiro atoms. The summed E-state index contributed by atoms with van der Waals surface area (Å²) >= 11 is 0. The van der Waals surface area contributed by atoms with Crippen LogP contribution in [-0.2, 0) is 0 Å². The minimum absolute atomic E-state index is 1.20. The fourth-order valence-electron chi connectivity index (χ4n) is 12.3. The molecule has 0 amide bonds. The normalized spacial score (nSPS) is 13.6. The van der Waals surface area contributed by atoms with Crippen molar-refractivity contribution in [3.05, 3.63) is 237 Å². The SMILES string of the molecule is CS1(C)c2cc(-c3cc4ccccc4c4ccccc34)ccc2-c2ccc(-n3c4ccc(-c5cc6ccccc6c6ccccc56)cc4c4cc(-c5cc6ccccc6c6ccccc56)ccc43)cc21. The van der Waals surface area contributed by atoms with Crippen LogP contribution in [0, 0.1) is 0 Å². The van der Waals surface area contributed by atoms with Crippen molar-refractivity contribution in [3.63, 3.8) is 0 Å². The highest BCUT2D eigenvalue weighted by molar-refractivity contribution is 8.33. The molecule has 0 saturated carbocycles. The second kappa shape index (κ2) is 14.8. The van der Waals surface area contributed by atoms with Gasteiger partial charge < -0.3 is 4.57 Å². The van der Waals surface area contributed by atoms with E-state index in [0.29, 0.717) is 0 Å². The first kappa shape index (κ1) is 39.6. The van der Waals surface area contributed by atoms with E-state index in [9.17, 15) is 0 Å². The Hall–Kier alpha value is -8.43. The van der Waals surface area contributed by atoms with Gasteiger partial charge in [0, 0.05) is 26.3 Å². The van der Waals surface area contributed by atoms with Gasteiger partial charge in [-0.15, -0.1) is 0 Å². The molecule has 0 saturated heterocycles. The van der Waals surface area contributed by atoms with Crippen molar-refractivity contribution in [1.29, 1.82) is 0 Å². The largest absolute Gasteiger partial charge is 0.309 e. The van der Waals surface area contributed by atoms with Crippen LogP contribution in [0.1, 0.15) is 0 Å². The summed E-state index contributed by atoms with van der Waals surface area (Å²) in [5.41, 5.74) is 13.8. The molecule has 1 nitrogen and oxygen atoms in total. The lowest BCUT2D eigenvalue weighted by Crippen LogP contribution is -1.98. The molecule has 1 aliphatic rings. The maximum absolute atomic E-state index is 2.53. The molecule has 1 aromatic heterocycles. The van der Waals surface area contributed by atoms with Gasteiger partial charge >= 0.3 is 0 Å². The van der Waals surface area contributed by atoms with Crippen LogP contribution in [0.2, 0.25) is 0 Å². The molecule has 13 aromatic carbocycles. The van der Waals surface area contributed by atoms with Crippen molar-refractivity contribution in [2.45, 2.75) is 9.79 Å². The van der Waals surface area contributed by atoms with Crippen molar-refractivity contribution in [2.24, 2.45) is 0 Å². The topological polar surface area (TPSA) is 4.93 Å². The summed E-state index contributed by atoms with van der Waals surface area (Å²) in [6.07, 6.45) is 4.99. The lowest BCUT2D eigenvalue weighted by atomic mass is 9.92. The maximum atomic E-state index is 2.53. The Morgan fingerprint density at radius 2 is 0.600 bits per heavy atom. The van der Waals surface area contributed by atoms with Crippen molar-refractivity contribution >= 4 is 96.5 Å². The molecular weight excluding hydrogens is 863 g/mol. The fraction of sp³-hybridized carbons (Fsp3) is 0.0294. The molecule has 0 aliphatic carbocycles. The summed E-state index contributed by atoms with van der Waals surface area (Å²) < 4.78 is 2.53. The number of rotatable bonds is 4. The summed E-state index contributed by atoms with van der Waals surface area (Å²) in [7, 11) is -1.39. The van der Waals surface area contributed by atoms with E-state index in [4.69, 9.17) is 0 Å². The van der Waals surface area contributed by atoms with Crippen LogP contribution in [0.4, 0.5) is 0 Å². The molecular formula is C68H45NS. The molecule has 2 heteroatoms. The number of hydrogen-bond donors (Lipinski definition) is 0. The number of aromatic nitrogens is 1. The Balaban J connectivity index is 0.931. The van der Waals surface area contributed by atoms with Crippen molar-refractivity contribution in [2.75, 3.05) is 12.5 Å². The van der Waals surface area contributed by atoms with E-state index >= 15 is 0 Å². The van der Waals surface area contributed by atoms with E-state index in [1.54, 1.807) is 0 Å². The van der Waals surface area contributed by atoms with Crippen LogP contribution < -0.4 is 0 Å². The minimum Gasteiger partial charge on any atom is -0.309 e. The number of nitrogens with zero attached hydrogens (tertiary/aromatic N) is 1. The number of hydrogen-bond acceptors (Lipinski definition) is 0. The average molecular weight is 908 g/mol. The Morgan fingerprint density at radius 1 is 0.257 bits per heavy atom. The highest BCUT2D eigenvalue weighted by Gasteiger charge is 2.33. The third-order valence-corrected chi connectivity index (χ3v) is 18.5. The Kier molecular flexibility index (Phi) is 8.35. The molecule has 0 bridgehead atoms. The third-order valence-electron chi connectivity index (χ3n) is 15.6. The van der Waals surface area contributed by atoms with Gasteiger partial charge in [-0.05, 0) is 182 Å². The molecule has 2 heterocycles. The summed E-state index contributed by atoms with van der Waals surface area (Å²) in [6, 6.07) is 89.2. The molecule has 328 valence electrons.